The number of aryl methyl sites for hydroxylation is 1. The van der Waals surface area contributed by atoms with Crippen LogP contribution in [0.4, 0.5) is 5.82 Å². The molecule has 0 aliphatic rings. The van der Waals surface area contributed by atoms with E-state index in [1.54, 1.807) is 11.3 Å². The summed E-state index contributed by atoms with van der Waals surface area (Å²) < 4.78 is 3.02. The van der Waals surface area contributed by atoms with Gasteiger partial charge in [-0.15, -0.1) is 11.3 Å². The number of benzene rings is 1. The van der Waals surface area contributed by atoms with E-state index >= 15 is 0 Å². The van der Waals surface area contributed by atoms with Crippen molar-refractivity contribution < 1.29 is 0 Å². The number of hydrogen-bond acceptors (Lipinski definition) is 4. The van der Waals surface area contributed by atoms with Crippen LogP contribution in [0.5, 0.6) is 0 Å². The molecule has 0 saturated carbocycles. The van der Waals surface area contributed by atoms with E-state index < -0.39 is 0 Å². The first-order valence-electron chi connectivity index (χ1n) is 5.82. The van der Waals surface area contributed by atoms with Gasteiger partial charge in [-0.2, -0.15) is 5.10 Å². The van der Waals surface area contributed by atoms with Crippen LogP contribution >= 0.6 is 11.3 Å². The van der Waals surface area contributed by atoms with Crippen molar-refractivity contribution in [3.63, 3.8) is 0 Å². The van der Waals surface area contributed by atoms with Gasteiger partial charge in [-0.25, -0.2) is 9.67 Å². The molecule has 0 fully saturated rings. The second-order valence-corrected chi connectivity index (χ2v) is 5.41. The average molecular weight is 258 g/mol. The molecule has 0 radical (unpaired) electrons. The maximum Gasteiger partial charge on any atom is 0.122 e. The van der Waals surface area contributed by atoms with Crippen molar-refractivity contribution in [2.75, 3.05) is 5.73 Å². The van der Waals surface area contributed by atoms with E-state index in [2.05, 4.69) is 23.1 Å². The predicted octanol–water partition coefficient (Wildman–Crippen LogP) is 2.99. The van der Waals surface area contributed by atoms with Crippen LogP contribution in [-0.4, -0.2) is 14.8 Å². The van der Waals surface area contributed by atoms with E-state index in [0.29, 0.717) is 5.82 Å². The Kier molecular flexibility index (Phi) is 2.56. The first-order valence-corrected chi connectivity index (χ1v) is 6.64. The lowest BCUT2D eigenvalue weighted by Crippen LogP contribution is -2.11. The van der Waals surface area contributed by atoms with Gasteiger partial charge in [-0.1, -0.05) is 12.1 Å². The van der Waals surface area contributed by atoms with Gasteiger partial charge in [0.2, 0.25) is 0 Å². The lowest BCUT2D eigenvalue weighted by molar-refractivity contribution is 0.567. The van der Waals surface area contributed by atoms with Gasteiger partial charge in [-0.3, -0.25) is 0 Å². The highest BCUT2D eigenvalue weighted by molar-refractivity contribution is 7.18. The molecule has 3 aromatic rings. The quantitative estimate of drug-likeness (QED) is 0.768. The van der Waals surface area contributed by atoms with Gasteiger partial charge in [0, 0.05) is 6.07 Å². The summed E-state index contributed by atoms with van der Waals surface area (Å²) in [7, 11) is 0. The molecule has 5 heteroatoms. The van der Waals surface area contributed by atoms with Crippen LogP contribution in [0.3, 0.4) is 0 Å². The van der Waals surface area contributed by atoms with E-state index in [4.69, 9.17) is 5.73 Å². The monoisotopic (exact) mass is 258 g/mol. The van der Waals surface area contributed by atoms with Gasteiger partial charge in [0.1, 0.15) is 16.9 Å². The summed E-state index contributed by atoms with van der Waals surface area (Å²) in [4.78, 5) is 4.64. The van der Waals surface area contributed by atoms with E-state index in [1.807, 2.05) is 35.9 Å². The molecule has 2 heterocycles. The third-order valence-corrected chi connectivity index (χ3v) is 4.13. The van der Waals surface area contributed by atoms with Crippen molar-refractivity contribution in [2.45, 2.75) is 19.9 Å². The van der Waals surface area contributed by atoms with Crippen molar-refractivity contribution in [1.82, 2.24) is 14.8 Å². The number of thiazole rings is 1. The molecule has 1 aromatic carbocycles. The summed E-state index contributed by atoms with van der Waals surface area (Å²) in [5, 5.41) is 5.45. The highest BCUT2D eigenvalue weighted by Crippen LogP contribution is 2.29. The van der Waals surface area contributed by atoms with E-state index in [1.165, 1.54) is 4.70 Å². The molecule has 92 valence electrons. The lowest BCUT2D eigenvalue weighted by atomic mass is 10.3. The van der Waals surface area contributed by atoms with Crippen LogP contribution in [0.25, 0.3) is 10.2 Å². The largest absolute Gasteiger partial charge is 0.384 e. The van der Waals surface area contributed by atoms with E-state index in [0.717, 1.165) is 16.2 Å². The number of nitrogens with two attached hydrogens (primary N) is 1. The molecule has 0 bridgehead atoms. The molecular formula is C13H14N4S. The topological polar surface area (TPSA) is 56.7 Å². The number of anilines is 1. The molecule has 18 heavy (non-hydrogen) atoms. The molecule has 2 aromatic heterocycles. The van der Waals surface area contributed by atoms with Crippen molar-refractivity contribution in [3.05, 3.63) is 41.0 Å². The van der Waals surface area contributed by atoms with Crippen molar-refractivity contribution >= 4 is 27.4 Å². The van der Waals surface area contributed by atoms with Crippen LogP contribution in [-0.2, 0) is 0 Å². The Morgan fingerprint density at radius 2 is 2.11 bits per heavy atom. The van der Waals surface area contributed by atoms with Crippen LogP contribution in [0.1, 0.15) is 23.7 Å². The molecule has 0 aliphatic heterocycles. The fourth-order valence-electron chi connectivity index (χ4n) is 2.02. The SMILES string of the molecule is Cc1cc(N)n(C(C)c2nc3ccccc3s2)n1. The number of aromatic nitrogens is 3. The molecule has 1 atom stereocenters. The van der Waals surface area contributed by atoms with Gasteiger partial charge < -0.3 is 5.73 Å². The standard InChI is InChI=1S/C13H14N4S/c1-8-7-12(14)17(16-8)9(2)13-15-10-5-3-4-6-11(10)18-13/h3-7,9H,14H2,1-2H3. The minimum atomic E-state index is 0.0658. The average Bonchev–Trinajstić information content (AvgIpc) is 2.91. The maximum atomic E-state index is 5.95. The number of nitrogen functional groups attached to an aromatic ring is 1. The van der Waals surface area contributed by atoms with Gasteiger partial charge in [0.15, 0.2) is 0 Å². The molecule has 0 aliphatic carbocycles. The minimum Gasteiger partial charge on any atom is -0.384 e. The number of fused-ring (bicyclic) bond motifs is 1. The van der Waals surface area contributed by atoms with Crippen LogP contribution in [0, 0.1) is 6.92 Å². The summed E-state index contributed by atoms with van der Waals surface area (Å²) in [6.45, 7) is 4.01. The summed E-state index contributed by atoms with van der Waals surface area (Å²) in [5.41, 5.74) is 7.92. The molecular weight excluding hydrogens is 244 g/mol. The molecule has 1 unspecified atom stereocenters. The first-order chi connectivity index (χ1) is 8.65. The molecule has 3 rings (SSSR count). The Hall–Kier alpha value is -1.88. The highest BCUT2D eigenvalue weighted by atomic mass is 32.1. The third kappa shape index (κ3) is 1.76. The van der Waals surface area contributed by atoms with Crippen molar-refractivity contribution in [2.24, 2.45) is 0 Å². The van der Waals surface area contributed by atoms with Crippen LogP contribution in [0.15, 0.2) is 30.3 Å². The minimum absolute atomic E-state index is 0.0658. The summed E-state index contributed by atoms with van der Waals surface area (Å²) >= 11 is 1.69. The second kappa shape index (κ2) is 4.10. The normalized spacial score (nSPS) is 13.0. The summed E-state index contributed by atoms with van der Waals surface area (Å²) in [6.07, 6.45) is 0. The fraction of sp³-hybridized carbons (Fsp3) is 0.231. The van der Waals surface area contributed by atoms with Crippen LogP contribution < -0.4 is 5.73 Å². The predicted molar refractivity (Wildman–Crippen MR) is 74.8 cm³/mol. The van der Waals surface area contributed by atoms with Gasteiger partial charge in [0.05, 0.1) is 15.9 Å². The zero-order chi connectivity index (χ0) is 12.7. The number of nitrogens with zero attached hydrogens (tertiary/aromatic N) is 3. The van der Waals surface area contributed by atoms with Gasteiger partial charge in [-0.05, 0) is 26.0 Å². The number of rotatable bonds is 2. The van der Waals surface area contributed by atoms with Crippen molar-refractivity contribution in [1.29, 1.82) is 0 Å². The Balaban J connectivity index is 2.06. The third-order valence-electron chi connectivity index (χ3n) is 2.92. The second-order valence-electron chi connectivity index (χ2n) is 4.35. The molecule has 4 nitrogen and oxygen atoms in total. The number of hydrogen-bond donors (Lipinski definition) is 1. The van der Waals surface area contributed by atoms with E-state index in [-0.39, 0.29) is 6.04 Å². The Morgan fingerprint density at radius 1 is 1.33 bits per heavy atom. The van der Waals surface area contributed by atoms with Crippen LogP contribution in [0.2, 0.25) is 0 Å². The van der Waals surface area contributed by atoms with Gasteiger partial charge in [0.25, 0.3) is 0 Å². The fourth-order valence-corrected chi connectivity index (χ4v) is 3.02. The Morgan fingerprint density at radius 3 is 2.78 bits per heavy atom. The molecule has 0 amide bonds. The first kappa shape index (κ1) is 11.2. The molecule has 0 spiro atoms. The maximum absolute atomic E-state index is 5.95. The molecule has 2 N–H and O–H groups in total. The highest BCUT2D eigenvalue weighted by Gasteiger charge is 2.16. The summed E-state index contributed by atoms with van der Waals surface area (Å²) in [5.74, 6) is 0.680. The zero-order valence-electron chi connectivity index (χ0n) is 10.3. The van der Waals surface area contributed by atoms with Crippen molar-refractivity contribution in [3.8, 4) is 0 Å². The summed E-state index contributed by atoms with van der Waals surface area (Å²) in [6, 6.07) is 10.1. The molecule has 0 saturated heterocycles. The smallest absolute Gasteiger partial charge is 0.122 e. The lowest BCUT2D eigenvalue weighted by Gasteiger charge is -2.10. The van der Waals surface area contributed by atoms with Gasteiger partial charge >= 0.3 is 0 Å². The zero-order valence-corrected chi connectivity index (χ0v) is 11.1. The van der Waals surface area contributed by atoms with E-state index in [9.17, 15) is 0 Å². The number of para-hydroxylation sites is 1. The Bertz CT molecular complexity index is 665. The Labute approximate surface area is 109 Å².